The summed E-state index contributed by atoms with van der Waals surface area (Å²) in [5.74, 6) is 0. The summed E-state index contributed by atoms with van der Waals surface area (Å²) in [5.41, 5.74) is 0. The Labute approximate surface area is 132 Å². The second kappa shape index (κ2) is 7.12. The predicted octanol–water partition coefficient (Wildman–Crippen LogP) is 5.43. The molecule has 114 valence electrons. The van der Waals surface area contributed by atoms with Gasteiger partial charge in [-0.25, -0.2) is 4.39 Å². The van der Waals surface area contributed by atoms with Crippen molar-refractivity contribution in [3.63, 3.8) is 0 Å². The van der Waals surface area contributed by atoms with E-state index < -0.39 is 12.3 Å². The fraction of sp³-hybridized carbons (Fsp3) is 0.286. The lowest BCUT2D eigenvalue weighted by Gasteiger charge is -2.29. The largest absolute Gasteiger partial charge is 0.379 e. The van der Waals surface area contributed by atoms with Gasteiger partial charge in [-0.2, -0.15) is 0 Å². The number of alkyl halides is 1. The number of thioether (sulfide) groups is 1. The molecule has 1 aromatic carbocycles. The fourth-order valence-corrected chi connectivity index (χ4v) is 5.10. The smallest absolute Gasteiger partial charge is 0.302 e. The van der Waals surface area contributed by atoms with Crippen molar-refractivity contribution in [2.24, 2.45) is 0 Å². The zero-order valence-corrected chi connectivity index (χ0v) is 13.7. The van der Waals surface area contributed by atoms with Gasteiger partial charge in [-0.05, 0) is 24.3 Å². The third-order valence-electron chi connectivity index (χ3n) is 2.74. The Morgan fingerprint density at radius 2 is 2.19 bits per heavy atom. The first-order valence-corrected chi connectivity index (χ1v) is 9.01. The van der Waals surface area contributed by atoms with E-state index >= 15 is 4.39 Å². The summed E-state index contributed by atoms with van der Waals surface area (Å²) in [6.45, 7) is 3.50. The number of benzene rings is 1. The standard InChI is InChI=1S/C14H15ClFO3PS/c1-2-10-18-20(17)14(16,9-3-4-11-19-20)21-13-7-5-12(15)6-8-13/h2-8H,1,9-11H2. The van der Waals surface area contributed by atoms with Gasteiger partial charge in [0.1, 0.15) is 0 Å². The molecule has 0 bridgehead atoms. The molecule has 0 N–H and O–H groups in total. The van der Waals surface area contributed by atoms with E-state index in [1.807, 2.05) is 0 Å². The second-order valence-corrected chi connectivity index (χ2v) is 8.58. The van der Waals surface area contributed by atoms with E-state index in [0.717, 1.165) is 11.8 Å². The lowest BCUT2D eigenvalue weighted by molar-refractivity contribution is 0.197. The molecule has 0 fully saturated rings. The summed E-state index contributed by atoms with van der Waals surface area (Å²) in [5, 5.41) is 0.551. The molecular weight excluding hydrogens is 334 g/mol. The highest BCUT2D eigenvalue weighted by atomic mass is 35.5. The average molecular weight is 349 g/mol. The molecule has 2 atom stereocenters. The van der Waals surface area contributed by atoms with Gasteiger partial charge in [0.2, 0.25) is 0 Å². The van der Waals surface area contributed by atoms with Crippen LogP contribution in [0.3, 0.4) is 0 Å². The van der Waals surface area contributed by atoms with Crippen LogP contribution in [-0.4, -0.2) is 18.0 Å². The molecule has 0 spiro atoms. The fourth-order valence-electron chi connectivity index (χ4n) is 1.71. The summed E-state index contributed by atoms with van der Waals surface area (Å²) in [6.07, 6.45) is 4.59. The quantitative estimate of drug-likeness (QED) is 0.525. The molecule has 21 heavy (non-hydrogen) atoms. The molecule has 3 nitrogen and oxygen atoms in total. The molecule has 0 radical (unpaired) electrons. The normalized spacial score (nSPS) is 29.0. The maximum atomic E-state index is 15.3. The highest BCUT2D eigenvalue weighted by Crippen LogP contribution is 2.69. The van der Waals surface area contributed by atoms with Gasteiger partial charge in [0.05, 0.1) is 13.2 Å². The highest BCUT2D eigenvalue weighted by molar-refractivity contribution is 8.06. The Morgan fingerprint density at radius 3 is 2.86 bits per heavy atom. The Morgan fingerprint density at radius 1 is 1.48 bits per heavy atom. The summed E-state index contributed by atoms with van der Waals surface area (Å²) in [4.78, 5) is 0.600. The van der Waals surface area contributed by atoms with Gasteiger partial charge >= 0.3 is 7.60 Å². The molecule has 0 aromatic heterocycles. The minimum atomic E-state index is -3.94. The molecule has 2 rings (SSSR count). The van der Waals surface area contributed by atoms with E-state index in [1.165, 1.54) is 6.08 Å². The van der Waals surface area contributed by atoms with Crippen molar-refractivity contribution < 1.29 is 18.0 Å². The predicted molar refractivity (Wildman–Crippen MR) is 84.6 cm³/mol. The number of allylic oxidation sites excluding steroid dienone is 1. The van der Waals surface area contributed by atoms with Crippen molar-refractivity contribution in [3.8, 4) is 0 Å². The minimum absolute atomic E-state index is 0.0376. The average Bonchev–Trinajstić information content (AvgIpc) is 2.60. The molecule has 0 saturated heterocycles. The molecule has 0 amide bonds. The van der Waals surface area contributed by atoms with Crippen LogP contribution in [0.1, 0.15) is 6.42 Å². The van der Waals surface area contributed by atoms with Crippen LogP contribution >= 0.6 is 31.0 Å². The number of rotatable bonds is 5. The number of hydrogen-bond acceptors (Lipinski definition) is 4. The van der Waals surface area contributed by atoms with Gasteiger partial charge < -0.3 is 9.05 Å². The number of hydrogen-bond donors (Lipinski definition) is 0. The van der Waals surface area contributed by atoms with Crippen LogP contribution in [0.25, 0.3) is 0 Å². The van der Waals surface area contributed by atoms with Crippen LogP contribution in [0.4, 0.5) is 4.39 Å². The first-order chi connectivity index (χ1) is 9.99. The molecule has 1 heterocycles. The Bertz CT molecular complexity index is 578. The molecule has 0 aliphatic carbocycles. The van der Waals surface area contributed by atoms with Crippen molar-refractivity contribution in [3.05, 3.63) is 54.1 Å². The Hall–Kier alpha value is -0.580. The molecule has 1 aromatic rings. The molecule has 1 aliphatic heterocycles. The van der Waals surface area contributed by atoms with Gasteiger partial charge in [-0.1, -0.05) is 41.6 Å². The van der Waals surface area contributed by atoms with E-state index in [4.69, 9.17) is 20.6 Å². The summed E-state index contributed by atoms with van der Waals surface area (Å²) in [6, 6.07) is 6.63. The van der Waals surface area contributed by atoms with Gasteiger partial charge in [0.25, 0.3) is 4.74 Å². The maximum Gasteiger partial charge on any atom is 0.379 e. The summed E-state index contributed by atoms with van der Waals surface area (Å²) < 4.78 is 36.3. The monoisotopic (exact) mass is 348 g/mol. The molecule has 2 unspecified atom stereocenters. The first-order valence-electron chi connectivity index (χ1n) is 6.28. The maximum absolute atomic E-state index is 15.3. The molecule has 0 saturated carbocycles. The van der Waals surface area contributed by atoms with E-state index in [0.29, 0.717) is 9.92 Å². The van der Waals surface area contributed by atoms with E-state index in [9.17, 15) is 4.57 Å². The van der Waals surface area contributed by atoms with Crippen molar-refractivity contribution in [2.75, 3.05) is 13.2 Å². The van der Waals surface area contributed by atoms with E-state index in [2.05, 4.69) is 6.58 Å². The Kier molecular flexibility index (Phi) is 5.69. The van der Waals surface area contributed by atoms with Crippen molar-refractivity contribution in [1.82, 2.24) is 0 Å². The third kappa shape index (κ3) is 3.99. The lowest BCUT2D eigenvalue weighted by Crippen LogP contribution is -2.20. The van der Waals surface area contributed by atoms with Crippen molar-refractivity contribution in [2.45, 2.75) is 16.1 Å². The zero-order valence-electron chi connectivity index (χ0n) is 11.2. The number of halogens is 2. The van der Waals surface area contributed by atoms with Crippen LogP contribution in [-0.2, 0) is 13.6 Å². The van der Waals surface area contributed by atoms with E-state index in [-0.39, 0.29) is 19.6 Å². The van der Waals surface area contributed by atoms with Crippen LogP contribution in [0.2, 0.25) is 5.02 Å². The molecular formula is C14H15ClFO3PS. The second-order valence-electron chi connectivity index (χ2n) is 4.30. The van der Waals surface area contributed by atoms with Crippen molar-refractivity contribution >= 4 is 31.0 Å². The first kappa shape index (κ1) is 16.8. The topological polar surface area (TPSA) is 35.5 Å². The molecule has 1 aliphatic rings. The summed E-state index contributed by atoms with van der Waals surface area (Å²) >= 11 is 6.63. The van der Waals surface area contributed by atoms with E-state index in [1.54, 1.807) is 36.4 Å². The Balaban J connectivity index is 2.28. The van der Waals surface area contributed by atoms with Crippen LogP contribution in [0, 0.1) is 0 Å². The minimum Gasteiger partial charge on any atom is -0.302 e. The SMILES string of the molecule is C=CCOP1(=O)OCC=CCC1(F)Sc1ccc(Cl)cc1. The van der Waals surface area contributed by atoms with Gasteiger partial charge in [0.15, 0.2) is 0 Å². The van der Waals surface area contributed by atoms with Crippen LogP contribution in [0.15, 0.2) is 54.0 Å². The van der Waals surface area contributed by atoms with Crippen LogP contribution in [0.5, 0.6) is 0 Å². The lowest BCUT2D eigenvalue weighted by atomic mass is 10.4. The van der Waals surface area contributed by atoms with Gasteiger partial charge in [0, 0.05) is 16.3 Å². The third-order valence-corrected chi connectivity index (χ3v) is 6.90. The van der Waals surface area contributed by atoms with Crippen LogP contribution < -0.4 is 0 Å². The summed E-state index contributed by atoms with van der Waals surface area (Å²) in [7, 11) is -3.94. The molecule has 7 heteroatoms. The van der Waals surface area contributed by atoms with Gasteiger partial charge in [-0.15, -0.1) is 6.58 Å². The van der Waals surface area contributed by atoms with Gasteiger partial charge in [-0.3, -0.25) is 4.57 Å². The zero-order chi connectivity index (χ0) is 15.3. The highest BCUT2D eigenvalue weighted by Gasteiger charge is 2.53. The van der Waals surface area contributed by atoms with Crippen molar-refractivity contribution in [1.29, 1.82) is 0 Å².